The van der Waals surface area contributed by atoms with Gasteiger partial charge in [-0.1, -0.05) is 29.2 Å². The van der Waals surface area contributed by atoms with E-state index in [9.17, 15) is 14.9 Å². The molecule has 0 unspecified atom stereocenters. The van der Waals surface area contributed by atoms with Gasteiger partial charge in [0.25, 0.3) is 0 Å². The summed E-state index contributed by atoms with van der Waals surface area (Å²) in [6.45, 7) is 0.0990. The Hall–Kier alpha value is -2.22. The van der Waals surface area contributed by atoms with Crippen molar-refractivity contribution in [2.45, 2.75) is 22.5 Å². The summed E-state index contributed by atoms with van der Waals surface area (Å²) in [6, 6.07) is 3.34. The molecule has 0 saturated carbocycles. The monoisotopic (exact) mass is 422 g/mol. The second-order valence-electron chi connectivity index (χ2n) is 5.43. The van der Waals surface area contributed by atoms with Gasteiger partial charge in [-0.2, -0.15) is 0 Å². The molecule has 1 atom stereocenters. The van der Waals surface area contributed by atoms with Crippen LogP contribution in [0, 0.1) is 0 Å². The molecule has 138 valence electrons. The lowest BCUT2D eigenvalue weighted by Gasteiger charge is -2.28. The zero-order valence-electron chi connectivity index (χ0n) is 13.5. The van der Waals surface area contributed by atoms with E-state index >= 15 is 0 Å². The van der Waals surface area contributed by atoms with Gasteiger partial charge in [-0.25, -0.2) is 4.79 Å². The van der Waals surface area contributed by atoms with Gasteiger partial charge in [-0.05, 0) is 18.1 Å². The molecule has 1 aliphatic heterocycles. The number of rotatable bonds is 6. The number of thioether (sulfide) groups is 1. The lowest BCUT2D eigenvalue weighted by Crippen LogP contribution is -2.40. The number of carboxylic acids is 1. The molecule has 0 saturated heterocycles. The highest BCUT2D eigenvalue weighted by molar-refractivity contribution is 8.02. The predicted molar refractivity (Wildman–Crippen MR) is 99.5 cm³/mol. The molecule has 27 heavy (non-hydrogen) atoms. The minimum absolute atomic E-state index is 0.0990. The molecular weight excluding hydrogens is 411 g/mol. The van der Waals surface area contributed by atoms with E-state index in [0.29, 0.717) is 21.3 Å². The molecule has 9 nitrogen and oxygen atoms in total. The van der Waals surface area contributed by atoms with Crippen LogP contribution in [0.2, 0.25) is 0 Å². The molecule has 4 rings (SSSR count). The van der Waals surface area contributed by atoms with Crippen LogP contribution < -0.4 is 9.39 Å². The van der Waals surface area contributed by atoms with E-state index in [-0.39, 0.29) is 28.8 Å². The number of nitrogens with zero attached hydrogens (tertiary/aromatic N) is 4. The fraction of sp³-hybridized carbons (Fsp3) is 0.214. The van der Waals surface area contributed by atoms with Crippen molar-refractivity contribution in [3.8, 4) is 11.5 Å². The largest absolute Gasteiger partial charge is 0.537 e. The zero-order valence-corrected chi connectivity index (χ0v) is 16.0. The van der Waals surface area contributed by atoms with Crippen molar-refractivity contribution >= 4 is 47.5 Å². The molecule has 0 spiro atoms. The van der Waals surface area contributed by atoms with Crippen LogP contribution in [0.1, 0.15) is 20.9 Å². The first-order valence-electron chi connectivity index (χ1n) is 7.66. The standard InChI is InChI=1S/C14H11BN4O5S3/c20-13(21)11-8(23-4-10-18-16-5-25-10)2-1-7-3-9(15(22)24-12(7)11)27-14-19-17-6-26-14/h1-2,5-6,9,22H,3-4H2,(H,20,21)/t9-/m0/s1. The fourth-order valence-electron chi connectivity index (χ4n) is 2.58. The lowest BCUT2D eigenvalue weighted by molar-refractivity contribution is 0.0689. The maximum atomic E-state index is 11.8. The Labute approximate surface area is 165 Å². The summed E-state index contributed by atoms with van der Waals surface area (Å²) in [5.74, 6) is -0.917. The van der Waals surface area contributed by atoms with Crippen LogP contribution in [0.25, 0.3) is 0 Å². The number of aromatic carboxylic acids is 1. The van der Waals surface area contributed by atoms with Crippen molar-refractivity contribution < 1.29 is 24.3 Å². The Balaban J connectivity index is 1.59. The second kappa shape index (κ2) is 7.80. The first-order chi connectivity index (χ1) is 13.1. The van der Waals surface area contributed by atoms with Crippen LogP contribution in [0.5, 0.6) is 11.5 Å². The summed E-state index contributed by atoms with van der Waals surface area (Å²) in [5, 5.41) is 35.6. The molecule has 3 heterocycles. The van der Waals surface area contributed by atoms with E-state index in [4.69, 9.17) is 9.39 Å². The molecule has 0 aliphatic carbocycles. The molecule has 0 radical (unpaired) electrons. The van der Waals surface area contributed by atoms with E-state index in [0.717, 1.165) is 0 Å². The van der Waals surface area contributed by atoms with Gasteiger partial charge in [-0.15, -0.1) is 31.7 Å². The fourth-order valence-corrected chi connectivity index (χ4v) is 4.81. The first-order valence-corrected chi connectivity index (χ1v) is 10.3. The Morgan fingerprint density at radius 2 is 2.15 bits per heavy atom. The number of fused-ring (bicyclic) bond motifs is 1. The van der Waals surface area contributed by atoms with Gasteiger partial charge in [0.2, 0.25) is 0 Å². The second-order valence-corrected chi connectivity index (χ2v) is 8.66. The molecule has 1 aromatic carbocycles. The van der Waals surface area contributed by atoms with Crippen molar-refractivity contribution in [1.29, 1.82) is 0 Å². The summed E-state index contributed by atoms with van der Waals surface area (Å²) in [4.78, 5) is 11.8. The van der Waals surface area contributed by atoms with Crippen molar-refractivity contribution in [1.82, 2.24) is 20.4 Å². The van der Waals surface area contributed by atoms with Crippen molar-refractivity contribution in [2.75, 3.05) is 0 Å². The third-order valence-electron chi connectivity index (χ3n) is 3.74. The van der Waals surface area contributed by atoms with Crippen LogP contribution in [-0.4, -0.2) is 48.8 Å². The molecule has 2 aromatic heterocycles. The molecule has 0 bridgehead atoms. The Morgan fingerprint density at radius 3 is 2.85 bits per heavy atom. The predicted octanol–water partition coefficient (Wildman–Crippen LogP) is 1.78. The number of hydrogen-bond acceptors (Lipinski definition) is 11. The third kappa shape index (κ3) is 3.90. The summed E-state index contributed by atoms with van der Waals surface area (Å²) < 4.78 is 11.9. The summed E-state index contributed by atoms with van der Waals surface area (Å²) in [6.07, 6.45) is 0.428. The van der Waals surface area contributed by atoms with Gasteiger partial charge < -0.3 is 19.5 Å². The van der Waals surface area contributed by atoms with Crippen molar-refractivity contribution in [2.24, 2.45) is 0 Å². The molecule has 2 N–H and O–H groups in total. The highest BCUT2D eigenvalue weighted by Crippen LogP contribution is 2.40. The van der Waals surface area contributed by atoms with Gasteiger partial charge in [0.1, 0.15) is 34.7 Å². The van der Waals surface area contributed by atoms with Crippen molar-refractivity contribution in [3.63, 3.8) is 0 Å². The Bertz CT molecular complexity index is 941. The Kier molecular flexibility index (Phi) is 5.25. The van der Waals surface area contributed by atoms with Gasteiger partial charge in [0.15, 0.2) is 9.35 Å². The van der Waals surface area contributed by atoms with E-state index in [1.807, 2.05) is 0 Å². The van der Waals surface area contributed by atoms with E-state index in [1.165, 1.54) is 34.4 Å². The van der Waals surface area contributed by atoms with Crippen LogP contribution >= 0.6 is 34.4 Å². The number of carbonyl (C=O) groups is 1. The minimum atomic E-state index is -1.19. The normalized spacial score (nSPS) is 15.9. The average molecular weight is 422 g/mol. The minimum Gasteiger partial charge on any atom is -0.534 e. The smallest absolute Gasteiger partial charge is 0.534 e. The lowest BCUT2D eigenvalue weighted by atomic mass is 9.77. The summed E-state index contributed by atoms with van der Waals surface area (Å²) in [7, 11) is -1.18. The van der Waals surface area contributed by atoms with Gasteiger partial charge >= 0.3 is 13.1 Å². The molecule has 3 aromatic rings. The summed E-state index contributed by atoms with van der Waals surface area (Å²) >= 11 is 4.02. The highest BCUT2D eigenvalue weighted by Gasteiger charge is 2.39. The maximum absolute atomic E-state index is 11.8. The number of hydrogen-bond donors (Lipinski definition) is 2. The molecule has 0 fully saturated rings. The van der Waals surface area contributed by atoms with Crippen LogP contribution in [0.15, 0.2) is 27.5 Å². The van der Waals surface area contributed by atoms with E-state index in [2.05, 4.69) is 20.4 Å². The molecular formula is C14H11BN4O5S3. The quantitative estimate of drug-likeness (QED) is 0.568. The highest BCUT2D eigenvalue weighted by atomic mass is 32.2. The van der Waals surface area contributed by atoms with Gasteiger partial charge in [-0.3, -0.25) is 0 Å². The topological polar surface area (TPSA) is 128 Å². The molecule has 13 heteroatoms. The van der Waals surface area contributed by atoms with Gasteiger partial charge in [0.05, 0.1) is 5.15 Å². The molecule has 0 amide bonds. The van der Waals surface area contributed by atoms with Crippen molar-refractivity contribution in [3.05, 3.63) is 39.3 Å². The number of ether oxygens (including phenoxy) is 1. The SMILES string of the molecule is O=C(O)c1c(OCc2nncs2)ccc2c1OB(O)[C@@H](Sc1nncs1)C2. The zero-order chi connectivity index (χ0) is 18.8. The first kappa shape index (κ1) is 18.2. The van der Waals surface area contributed by atoms with E-state index < -0.39 is 13.1 Å². The van der Waals surface area contributed by atoms with Crippen LogP contribution in [0.4, 0.5) is 0 Å². The number of carboxylic acid groups (broad SMARTS) is 1. The average Bonchev–Trinajstić information content (AvgIpc) is 3.33. The summed E-state index contributed by atoms with van der Waals surface area (Å²) in [5.41, 5.74) is 3.74. The van der Waals surface area contributed by atoms with Crippen LogP contribution in [0.3, 0.4) is 0 Å². The van der Waals surface area contributed by atoms with Crippen LogP contribution in [-0.2, 0) is 13.0 Å². The third-order valence-corrected chi connectivity index (χ3v) is 6.46. The number of benzene rings is 1. The maximum Gasteiger partial charge on any atom is 0.537 e. The number of aromatic nitrogens is 4. The molecule has 1 aliphatic rings. The van der Waals surface area contributed by atoms with E-state index in [1.54, 1.807) is 23.2 Å². The Morgan fingerprint density at radius 1 is 1.33 bits per heavy atom. The van der Waals surface area contributed by atoms with Gasteiger partial charge in [0, 0.05) is 0 Å².